The van der Waals surface area contributed by atoms with E-state index >= 15 is 0 Å². The summed E-state index contributed by atoms with van der Waals surface area (Å²) in [5.41, 5.74) is 1.08. The molecule has 3 nitrogen and oxygen atoms in total. The lowest BCUT2D eigenvalue weighted by Gasteiger charge is -2.01. The van der Waals surface area contributed by atoms with Gasteiger partial charge in [0.05, 0.1) is 13.2 Å². The summed E-state index contributed by atoms with van der Waals surface area (Å²) in [5.74, 6) is 1.83. The molecule has 104 valence electrons. The number of furan rings is 1. The molecule has 0 saturated heterocycles. The summed E-state index contributed by atoms with van der Waals surface area (Å²) < 4.78 is 11.8. The smallest absolute Gasteiger partial charge is 0.134 e. The molecule has 2 rings (SSSR count). The standard InChI is InChI=1S/C14H16BrNO2.ClH/c1-17-9-8-16-10-13-6-7-14(18-13)11-2-4-12(15)5-3-11;/h2-7,16H,8-10H2,1H3;1H/p-1. The van der Waals surface area contributed by atoms with Crippen LogP contribution in [-0.4, -0.2) is 20.3 Å². The zero-order valence-electron chi connectivity index (χ0n) is 10.7. The van der Waals surface area contributed by atoms with Crippen LogP contribution in [-0.2, 0) is 11.3 Å². The maximum atomic E-state index is 5.77. The summed E-state index contributed by atoms with van der Waals surface area (Å²) in [7, 11) is 1.69. The average molecular weight is 346 g/mol. The second kappa shape index (κ2) is 8.38. The molecule has 5 heteroatoms. The first-order valence-electron chi connectivity index (χ1n) is 5.84. The van der Waals surface area contributed by atoms with Crippen molar-refractivity contribution in [3.63, 3.8) is 0 Å². The van der Waals surface area contributed by atoms with Crippen molar-refractivity contribution < 1.29 is 21.6 Å². The predicted molar refractivity (Wildman–Crippen MR) is 75.4 cm³/mol. The van der Waals surface area contributed by atoms with Gasteiger partial charge in [-0.2, -0.15) is 0 Å². The van der Waals surface area contributed by atoms with Gasteiger partial charge in [0.2, 0.25) is 0 Å². The van der Waals surface area contributed by atoms with Crippen molar-refractivity contribution in [1.82, 2.24) is 5.32 Å². The molecule has 0 aliphatic rings. The maximum absolute atomic E-state index is 5.77. The molecule has 0 spiro atoms. The molecule has 0 saturated carbocycles. The van der Waals surface area contributed by atoms with Gasteiger partial charge < -0.3 is 26.9 Å². The third-order valence-corrected chi connectivity index (χ3v) is 3.10. The van der Waals surface area contributed by atoms with E-state index in [1.165, 1.54) is 0 Å². The Morgan fingerprint density at radius 3 is 2.58 bits per heavy atom. The van der Waals surface area contributed by atoms with Crippen LogP contribution < -0.4 is 17.7 Å². The molecule has 0 radical (unpaired) electrons. The topological polar surface area (TPSA) is 34.4 Å². The second-order valence-electron chi connectivity index (χ2n) is 3.94. The quantitative estimate of drug-likeness (QED) is 0.772. The van der Waals surface area contributed by atoms with Gasteiger partial charge in [0, 0.05) is 23.7 Å². The first-order chi connectivity index (χ1) is 8.79. The van der Waals surface area contributed by atoms with Crippen LogP contribution in [0.5, 0.6) is 0 Å². The van der Waals surface area contributed by atoms with E-state index in [0.717, 1.165) is 34.6 Å². The molecule has 1 aromatic carbocycles. The van der Waals surface area contributed by atoms with E-state index in [0.29, 0.717) is 6.61 Å². The Morgan fingerprint density at radius 2 is 1.89 bits per heavy atom. The zero-order valence-corrected chi connectivity index (χ0v) is 13.0. The Bertz CT molecular complexity index is 484. The highest BCUT2D eigenvalue weighted by Crippen LogP contribution is 2.23. The Balaban J connectivity index is 0.00000180. The third kappa shape index (κ3) is 4.99. The van der Waals surface area contributed by atoms with Crippen LogP contribution in [0, 0.1) is 0 Å². The van der Waals surface area contributed by atoms with Crippen molar-refractivity contribution in [2.24, 2.45) is 0 Å². The Morgan fingerprint density at radius 1 is 1.16 bits per heavy atom. The zero-order chi connectivity index (χ0) is 12.8. The van der Waals surface area contributed by atoms with Crippen LogP contribution in [0.25, 0.3) is 11.3 Å². The van der Waals surface area contributed by atoms with Gasteiger partial charge in [-0.15, -0.1) is 0 Å². The Hall–Kier alpha value is -0.810. The lowest BCUT2D eigenvalue weighted by molar-refractivity contribution is -0.00000448. The van der Waals surface area contributed by atoms with Gasteiger partial charge in [0.25, 0.3) is 0 Å². The molecule has 0 bridgehead atoms. The van der Waals surface area contributed by atoms with Crippen LogP contribution in [0.1, 0.15) is 5.76 Å². The van der Waals surface area contributed by atoms with Crippen molar-refractivity contribution in [2.45, 2.75) is 6.54 Å². The molecule has 0 aliphatic carbocycles. The van der Waals surface area contributed by atoms with E-state index in [-0.39, 0.29) is 12.4 Å². The molecular formula is C14H16BrClNO2-. The molecule has 2 aromatic rings. The molecule has 1 N–H and O–H groups in total. The summed E-state index contributed by atoms with van der Waals surface area (Å²) in [4.78, 5) is 0. The van der Waals surface area contributed by atoms with E-state index in [1.807, 2.05) is 36.4 Å². The summed E-state index contributed by atoms with van der Waals surface area (Å²) >= 11 is 3.42. The van der Waals surface area contributed by atoms with E-state index in [9.17, 15) is 0 Å². The van der Waals surface area contributed by atoms with Gasteiger partial charge in [-0.3, -0.25) is 0 Å². The van der Waals surface area contributed by atoms with Crippen molar-refractivity contribution >= 4 is 15.9 Å². The van der Waals surface area contributed by atoms with E-state index < -0.39 is 0 Å². The summed E-state index contributed by atoms with van der Waals surface area (Å²) in [6, 6.07) is 12.1. The fourth-order valence-electron chi connectivity index (χ4n) is 1.63. The second-order valence-corrected chi connectivity index (χ2v) is 4.86. The monoisotopic (exact) mass is 344 g/mol. The number of hydrogen-bond acceptors (Lipinski definition) is 3. The number of rotatable bonds is 6. The fraction of sp³-hybridized carbons (Fsp3) is 0.286. The van der Waals surface area contributed by atoms with Gasteiger partial charge in [-0.25, -0.2) is 0 Å². The van der Waals surface area contributed by atoms with Crippen molar-refractivity contribution in [2.75, 3.05) is 20.3 Å². The van der Waals surface area contributed by atoms with E-state index in [1.54, 1.807) is 7.11 Å². The van der Waals surface area contributed by atoms with Gasteiger partial charge in [-0.05, 0) is 24.3 Å². The summed E-state index contributed by atoms with van der Waals surface area (Å²) in [5, 5.41) is 3.25. The van der Waals surface area contributed by atoms with Crippen LogP contribution in [0.2, 0.25) is 0 Å². The number of benzene rings is 1. The summed E-state index contributed by atoms with van der Waals surface area (Å²) in [6.45, 7) is 2.25. The molecule has 0 atom stereocenters. The molecule has 19 heavy (non-hydrogen) atoms. The highest BCUT2D eigenvalue weighted by molar-refractivity contribution is 9.10. The minimum atomic E-state index is 0. The van der Waals surface area contributed by atoms with Gasteiger partial charge in [0.1, 0.15) is 11.5 Å². The predicted octanol–water partition coefficient (Wildman–Crippen LogP) is 0.449. The highest BCUT2D eigenvalue weighted by Gasteiger charge is 2.04. The van der Waals surface area contributed by atoms with Crippen molar-refractivity contribution in [3.05, 3.63) is 46.6 Å². The fourth-order valence-corrected chi connectivity index (χ4v) is 1.89. The van der Waals surface area contributed by atoms with Crippen molar-refractivity contribution in [3.8, 4) is 11.3 Å². The third-order valence-electron chi connectivity index (χ3n) is 2.57. The number of nitrogens with one attached hydrogen (secondary N) is 1. The number of hydrogen-bond donors (Lipinski definition) is 1. The van der Waals surface area contributed by atoms with Gasteiger partial charge in [0.15, 0.2) is 0 Å². The molecule has 1 aromatic heterocycles. The highest BCUT2D eigenvalue weighted by atomic mass is 79.9. The first-order valence-corrected chi connectivity index (χ1v) is 6.63. The number of methoxy groups -OCH3 is 1. The van der Waals surface area contributed by atoms with E-state index in [4.69, 9.17) is 9.15 Å². The van der Waals surface area contributed by atoms with Crippen LogP contribution in [0.4, 0.5) is 0 Å². The SMILES string of the molecule is COCCNCc1ccc(-c2ccc(Br)cc2)o1.[Cl-]. The van der Waals surface area contributed by atoms with Gasteiger partial charge >= 0.3 is 0 Å². The molecule has 0 aliphatic heterocycles. The minimum Gasteiger partial charge on any atom is -1.00 e. The Kier molecular flexibility index (Phi) is 7.16. The molecule has 1 heterocycles. The van der Waals surface area contributed by atoms with Crippen molar-refractivity contribution in [1.29, 1.82) is 0 Å². The maximum Gasteiger partial charge on any atom is 0.134 e. The molecular weight excluding hydrogens is 330 g/mol. The normalized spacial score (nSPS) is 10.2. The summed E-state index contributed by atoms with van der Waals surface area (Å²) in [6.07, 6.45) is 0. The molecule has 0 fully saturated rings. The average Bonchev–Trinajstić information content (AvgIpc) is 2.84. The lowest BCUT2D eigenvalue weighted by Crippen LogP contribution is -3.00. The largest absolute Gasteiger partial charge is 1.00 e. The van der Waals surface area contributed by atoms with Crippen LogP contribution >= 0.6 is 15.9 Å². The Labute approximate surface area is 127 Å². The van der Waals surface area contributed by atoms with Gasteiger partial charge in [-0.1, -0.05) is 28.1 Å². The first kappa shape index (κ1) is 16.2. The molecule has 0 amide bonds. The molecule has 0 unspecified atom stereocenters. The van der Waals surface area contributed by atoms with Crippen LogP contribution in [0.15, 0.2) is 45.3 Å². The lowest BCUT2D eigenvalue weighted by atomic mass is 10.2. The van der Waals surface area contributed by atoms with Crippen LogP contribution in [0.3, 0.4) is 0 Å². The van der Waals surface area contributed by atoms with E-state index in [2.05, 4.69) is 21.2 Å². The number of ether oxygens (including phenoxy) is 1. The minimum absolute atomic E-state index is 0. The number of halogens is 2.